The molecule has 0 aromatic heterocycles. The van der Waals surface area contributed by atoms with Crippen molar-refractivity contribution in [1.29, 1.82) is 0 Å². The number of hydrogen-bond acceptors (Lipinski definition) is 1. The monoisotopic (exact) mass is 341 g/mol. The van der Waals surface area contributed by atoms with Crippen molar-refractivity contribution in [1.82, 2.24) is 4.90 Å². The molecule has 0 spiro atoms. The van der Waals surface area contributed by atoms with E-state index in [-0.39, 0.29) is 0 Å². The Balaban J connectivity index is 1.66. The fraction of sp³-hybridized carbons (Fsp3) is 0.667. The first-order chi connectivity index (χ1) is 12.3. The Morgan fingerprint density at radius 1 is 0.880 bits per heavy atom. The maximum absolute atomic E-state index is 2.71. The van der Waals surface area contributed by atoms with Gasteiger partial charge in [-0.05, 0) is 25.3 Å². The first-order valence-corrected chi connectivity index (χ1v) is 10.8. The van der Waals surface area contributed by atoms with Crippen LogP contribution in [0, 0.1) is 0 Å². The molecule has 1 heteroatoms. The predicted molar refractivity (Wildman–Crippen MR) is 111 cm³/mol. The van der Waals surface area contributed by atoms with Crippen LogP contribution in [-0.2, 0) is 6.54 Å². The van der Waals surface area contributed by atoms with Crippen LogP contribution in [0.25, 0.3) is 0 Å². The molecule has 0 radical (unpaired) electrons. The van der Waals surface area contributed by atoms with E-state index in [0.717, 1.165) is 6.54 Å². The van der Waals surface area contributed by atoms with Crippen molar-refractivity contribution >= 4 is 0 Å². The number of unbranched alkanes of at least 4 members (excludes halogenated alkanes) is 8. The van der Waals surface area contributed by atoms with Crippen LogP contribution in [0.5, 0.6) is 0 Å². The Hall–Kier alpha value is -1.08. The Morgan fingerprint density at radius 3 is 2.20 bits per heavy atom. The van der Waals surface area contributed by atoms with Crippen LogP contribution in [0.1, 0.15) is 90.0 Å². The zero-order chi connectivity index (χ0) is 17.7. The Kier molecular flexibility index (Phi) is 9.96. The highest BCUT2D eigenvalue weighted by molar-refractivity contribution is 5.16. The molecule has 0 fully saturated rings. The molecule has 25 heavy (non-hydrogen) atoms. The van der Waals surface area contributed by atoms with Gasteiger partial charge in [-0.25, -0.2) is 0 Å². The second-order valence-electron chi connectivity index (χ2n) is 7.86. The third-order valence-corrected chi connectivity index (χ3v) is 5.64. The topological polar surface area (TPSA) is 3.24 Å². The van der Waals surface area contributed by atoms with Gasteiger partial charge in [-0.3, -0.25) is 4.90 Å². The minimum Gasteiger partial charge on any atom is -0.290 e. The van der Waals surface area contributed by atoms with Crippen LogP contribution in [-0.4, -0.2) is 17.0 Å². The molecule has 1 nitrogen and oxygen atoms in total. The van der Waals surface area contributed by atoms with Crippen LogP contribution in [0.3, 0.4) is 0 Å². The van der Waals surface area contributed by atoms with E-state index in [4.69, 9.17) is 0 Å². The van der Waals surface area contributed by atoms with E-state index in [1.807, 2.05) is 0 Å². The molecule has 1 aliphatic heterocycles. The fourth-order valence-corrected chi connectivity index (χ4v) is 4.00. The van der Waals surface area contributed by atoms with Crippen molar-refractivity contribution in [3.63, 3.8) is 0 Å². The Morgan fingerprint density at radius 2 is 1.52 bits per heavy atom. The van der Waals surface area contributed by atoms with E-state index in [1.165, 1.54) is 76.2 Å². The van der Waals surface area contributed by atoms with Crippen molar-refractivity contribution in [3.8, 4) is 0 Å². The first kappa shape index (κ1) is 20.2. The molecule has 1 heterocycles. The molecule has 140 valence electrons. The van der Waals surface area contributed by atoms with Crippen LogP contribution in [0.2, 0.25) is 0 Å². The zero-order valence-electron chi connectivity index (χ0n) is 16.6. The van der Waals surface area contributed by atoms with Crippen molar-refractivity contribution in [2.45, 2.75) is 103 Å². The van der Waals surface area contributed by atoms with E-state index in [2.05, 4.69) is 61.2 Å². The summed E-state index contributed by atoms with van der Waals surface area (Å²) in [6.45, 7) is 5.77. The van der Waals surface area contributed by atoms with Gasteiger partial charge in [0.2, 0.25) is 0 Å². The predicted octanol–water partition coefficient (Wildman–Crippen LogP) is 7.13. The summed E-state index contributed by atoms with van der Waals surface area (Å²) in [5, 5.41) is 0. The van der Waals surface area contributed by atoms with Gasteiger partial charge in [-0.2, -0.15) is 0 Å². The highest BCUT2D eigenvalue weighted by Crippen LogP contribution is 2.24. The van der Waals surface area contributed by atoms with Gasteiger partial charge in [0, 0.05) is 18.6 Å². The third kappa shape index (κ3) is 7.77. The fourth-order valence-electron chi connectivity index (χ4n) is 4.00. The molecule has 0 unspecified atom stereocenters. The molecule has 1 aromatic carbocycles. The van der Waals surface area contributed by atoms with Gasteiger partial charge < -0.3 is 0 Å². The molecular formula is C24H39N. The summed E-state index contributed by atoms with van der Waals surface area (Å²) in [6.07, 6.45) is 20.1. The minimum absolute atomic E-state index is 0.633. The van der Waals surface area contributed by atoms with Crippen LogP contribution in [0.15, 0.2) is 42.5 Å². The summed E-state index contributed by atoms with van der Waals surface area (Å²) in [5.41, 5.74) is 1.45. The van der Waals surface area contributed by atoms with Gasteiger partial charge in [0.1, 0.15) is 0 Å². The van der Waals surface area contributed by atoms with Crippen LogP contribution in [0.4, 0.5) is 0 Å². The summed E-state index contributed by atoms with van der Waals surface area (Å²) in [7, 11) is 0. The molecule has 0 amide bonds. The molecule has 2 atom stereocenters. The lowest BCUT2D eigenvalue weighted by molar-refractivity contribution is 0.143. The molecule has 1 aliphatic rings. The number of benzene rings is 1. The van der Waals surface area contributed by atoms with E-state index < -0.39 is 0 Å². The highest BCUT2D eigenvalue weighted by atomic mass is 15.2. The van der Waals surface area contributed by atoms with Gasteiger partial charge >= 0.3 is 0 Å². The lowest BCUT2D eigenvalue weighted by Crippen LogP contribution is -2.42. The molecule has 0 aliphatic carbocycles. The van der Waals surface area contributed by atoms with E-state index in [0.29, 0.717) is 12.1 Å². The van der Waals surface area contributed by atoms with Crippen molar-refractivity contribution in [3.05, 3.63) is 48.0 Å². The van der Waals surface area contributed by atoms with E-state index in [1.54, 1.807) is 0 Å². The molecule has 2 rings (SSSR count). The van der Waals surface area contributed by atoms with Gasteiger partial charge in [-0.1, -0.05) is 107 Å². The molecule has 0 saturated carbocycles. The number of hydrogen-bond donors (Lipinski definition) is 0. The quantitative estimate of drug-likeness (QED) is 0.289. The lowest BCUT2D eigenvalue weighted by Gasteiger charge is -2.38. The maximum Gasteiger partial charge on any atom is 0.0284 e. The molecule has 0 saturated heterocycles. The third-order valence-electron chi connectivity index (χ3n) is 5.64. The van der Waals surface area contributed by atoms with Crippen LogP contribution < -0.4 is 0 Å². The Labute approximate surface area is 156 Å². The zero-order valence-corrected chi connectivity index (χ0v) is 16.6. The van der Waals surface area contributed by atoms with Crippen molar-refractivity contribution in [2.24, 2.45) is 0 Å². The SMILES string of the molecule is CCCCCCCCCCC[C@@H]1C=CC[C@@H](C)N1Cc1ccccc1. The summed E-state index contributed by atoms with van der Waals surface area (Å²) in [5.74, 6) is 0. The molecule has 1 aromatic rings. The average Bonchev–Trinajstić information content (AvgIpc) is 2.64. The standard InChI is InChI=1S/C24H39N/c1-3-4-5-6-7-8-9-10-14-19-24-20-15-16-22(2)25(24)21-23-17-12-11-13-18-23/h11-13,15,17-18,20,22,24H,3-10,14,16,19,21H2,1-2H3/t22-,24-/m1/s1. The summed E-state index contributed by atoms with van der Waals surface area (Å²) >= 11 is 0. The number of nitrogens with zero attached hydrogens (tertiary/aromatic N) is 1. The van der Waals surface area contributed by atoms with Gasteiger partial charge in [0.25, 0.3) is 0 Å². The van der Waals surface area contributed by atoms with Gasteiger partial charge in [0.05, 0.1) is 0 Å². The summed E-state index contributed by atoms with van der Waals surface area (Å²) in [6, 6.07) is 12.3. The lowest BCUT2D eigenvalue weighted by atomic mass is 9.97. The maximum atomic E-state index is 2.71. The second-order valence-corrected chi connectivity index (χ2v) is 7.86. The number of rotatable bonds is 12. The normalized spacial score (nSPS) is 20.9. The largest absolute Gasteiger partial charge is 0.290 e. The Bertz CT molecular complexity index is 464. The molecular weight excluding hydrogens is 302 g/mol. The van der Waals surface area contributed by atoms with Crippen molar-refractivity contribution in [2.75, 3.05) is 0 Å². The van der Waals surface area contributed by atoms with Crippen molar-refractivity contribution < 1.29 is 0 Å². The molecule has 0 bridgehead atoms. The van der Waals surface area contributed by atoms with E-state index in [9.17, 15) is 0 Å². The smallest absolute Gasteiger partial charge is 0.0284 e. The average molecular weight is 342 g/mol. The van der Waals surface area contributed by atoms with Crippen LogP contribution >= 0.6 is 0 Å². The second kappa shape index (κ2) is 12.3. The minimum atomic E-state index is 0.633. The van der Waals surface area contributed by atoms with Gasteiger partial charge in [-0.15, -0.1) is 0 Å². The highest BCUT2D eigenvalue weighted by Gasteiger charge is 2.23. The van der Waals surface area contributed by atoms with E-state index >= 15 is 0 Å². The summed E-state index contributed by atoms with van der Waals surface area (Å²) < 4.78 is 0. The molecule has 0 N–H and O–H groups in total. The van der Waals surface area contributed by atoms with Gasteiger partial charge in [0.15, 0.2) is 0 Å². The summed E-state index contributed by atoms with van der Waals surface area (Å²) in [4.78, 5) is 2.71. The first-order valence-electron chi connectivity index (χ1n) is 10.8.